The maximum Gasteiger partial charge on any atom is 0.341 e. The molecule has 6 nitrogen and oxygen atoms in total. The summed E-state index contributed by atoms with van der Waals surface area (Å²) in [6, 6.07) is 6.44. The lowest BCUT2D eigenvalue weighted by Gasteiger charge is -2.36. The van der Waals surface area contributed by atoms with Crippen LogP contribution in [0.4, 0.5) is 10.7 Å². The fraction of sp³-hybridized carbons (Fsp3) is 0.538. The molecule has 1 N–H and O–H groups in total. The first kappa shape index (κ1) is 23.8. The zero-order valence-electron chi connectivity index (χ0n) is 20.2. The highest BCUT2D eigenvalue weighted by Gasteiger charge is 2.28. The van der Waals surface area contributed by atoms with E-state index < -0.39 is 0 Å². The summed E-state index contributed by atoms with van der Waals surface area (Å²) < 4.78 is 5.51. The molecule has 1 fully saturated rings. The number of carbonyl (C=O) groups excluding carboxylic acids is 2. The number of nitrogens with zero attached hydrogens (tertiary/aromatic N) is 2. The van der Waals surface area contributed by atoms with E-state index in [0.717, 1.165) is 57.4 Å². The molecular weight excluding hydrogens is 434 g/mol. The number of thiophene rings is 1. The van der Waals surface area contributed by atoms with Gasteiger partial charge < -0.3 is 15.0 Å². The second-order valence-electron chi connectivity index (χ2n) is 9.40. The number of rotatable bonds is 6. The molecule has 1 amide bonds. The zero-order valence-corrected chi connectivity index (χ0v) is 21.0. The van der Waals surface area contributed by atoms with Crippen molar-refractivity contribution in [3.63, 3.8) is 0 Å². The van der Waals surface area contributed by atoms with E-state index in [2.05, 4.69) is 47.2 Å². The van der Waals surface area contributed by atoms with Gasteiger partial charge >= 0.3 is 5.97 Å². The maximum absolute atomic E-state index is 12.9. The number of nitrogens with one attached hydrogen (secondary N) is 1. The molecule has 0 saturated carbocycles. The van der Waals surface area contributed by atoms with Gasteiger partial charge in [0.1, 0.15) is 5.00 Å². The Kier molecular flexibility index (Phi) is 7.39. The molecule has 0 spiro atoms. The van der Waals surface area contributed by atoms with Crippen molar-refractivity contribution in [1.29, 1.82) is 0 Å². The van der Waals surface area contributed by atoms with Crippen LogP contribution in [0.5, 0.6) is 0 Å². The lowest BCUT2D eigenvalue weighted by Crippen LogP contribution is -2.48. The fourth-order valence-corrected chi connectivity index (χ4v) is 6.03. The molecule has 1 saturated heterocycles. The molecule has 0 atom stereocenters. The van der Waals surface area contributed by atoms with Gasteiger partial charge in [-0.05, 0) is 76.1 Å². The first-order valence-electron chi connectivity index (χ1n) is 12.0. The monoisotopic (exact) mass is 469 g/mol. The van der Waals surface area contributed by atoms with Crippen molar-refractivity contribution in [3.05, 3.63) is 45.3 Å². The molecule has 7 heteroatoms. The van der Waals surface area contributed by atoms with Gasteiger partial charge in [-0.2, -0.15) is 0 Å². The summed E-state index contributed by atoms with van der Waals surface area (Å²) in [4.78, 5) is 31.6. The molecule has 2 heterocycles. The number of fused-ring (bicyclic) bond motifs is 1. The van der Waals surface area contributed by atoms with Crippen LogP contribution in [-0.2, 0) is 22.4 Å². The third-order valence-corrected chi connectivity index (χ3v) is 7.83. The van der Waals surface area contributed by atoms with Crippen molar-refractivity contribution in [2.24, 2.45) is 0 Å². The van der Waals surface area contributed by atoms with Gasteiger partial charge in [-0.15, -0.1) is 11.3 Å². The number of esters is 1. The predicted molar refractivity (Wildman–Crippen MR) is 135 cm³/mol. The molecule has 1 aliphatic heterocycles. The summed E-state index contributed by atoms with van der Waals surface area (Å²) in [7, 11) is 0. The minimum atomic E-state index is -0.318. The van der Waals surface area contributed by atoms with Crippen LogP contribution in [0.3, 0.4) is 0 Å². The summed E-state index contributed by atoms with van der Waals surface area (Å²) in [6.07, 6.45) is 3.87. The van der Waals surface area contributed by atoms with Gasteiger partial charge in [0.05, 0.1) is 18.2 Å². The molecule has 0 radical (unpaired) electrons. The number of anilines is 2. The molecule has 2 aromatic rings. The largest absolute Gasteiger partial charge is 0.459 e. The number of carbonyl (C=O) groups is 2. The van der Waals surface area contributed by atoms with Gasteiger partial charge in [0.25, 0.3) is 0 Å². The van der Waals surface area contributed by atoms with Crippen molar-refractivity contribution in [3.8, 4) is 0 Å². The molecule has 4 rings (SSSR count). The van der Waals surface area contributed by atoms with E-state index in [-0.39, 0.29) is 18.0 Å². The molecule has 0 bridgehead atoms. The van der Waals surface area contributed by atoms with Crippen LogP contribution in [0.2, 0.25) is 0 Å². The molecule has 1 aliphatic carbocycles. The van der Waals surface area contributed by atoms with Gasteiger partial charge in [-0.3, -0.25) is 9.69 Å². The third-order valence-electron chi connectivity index (χ3n) is 6.63. The number of aryl methyl sites for hydroxylation is 2. The minimum absolute atomic E-state index is 0.0626. The lowest BCUT2D eigenvalue weighted by molar-refractivity contribution is -0.117. The number of hydrogen-bond acceptors (Lipinski definition) is 6. The average Bonchev–Trinajstić information content (AvgIpc) is 3.13. The molecule has 1 aromatic carbocycles. The minimum Gasteiger partial charge on any atom is -0.459 e. The number of hydrogen-bond donors (Lipinski definition) is 1. The van der Waals surface area contributed by atoms with Crippen LogP contribution in [0.15, 0.2) is 18.2 Å². The molecule has 0 unspecified atom stereocenters. The van der Waals surface area contributed by atoms with E-state index in [1.54, 1.807) is 11.3 Å². The maximum atomic E-state index is 12.9. The highest BCUT2D eigenvalue weighted by molar-refractivity contribution is 7.17. The van der Waals surface area contributed by atoms with Gasteiger partial charge in [0.15, 0.2) is 0 Å². The van der Waals surface area contributed by atoms with Crippen molar-refractivity contribution < 1.29 is 14.3 Å². The first-order chi connectivity index (χ1) is 15.8. The number of piperazine rings is 1. The summed E-state index contributed by atoms with van der Waals surface area (Å²) in [5.41, 5.74) is 5.58. The fourth-order valence-electron chi connectivity index (χ4n) is 4.74. The van der Waals surface area contributed by atoms with E-state index in [4.69, 9.17) is 4.74 Å². The number of ether oxygens (including phenoxy) is 1. The first-order valence-corrected chi connectivity index (χ1v) is 12.8. The van der Waals surface area contributed by atoms with Gasteiger partial charge in [0, 0.05) is 36.7 Å². The molecule has 1 aromatic heterocycles. The Labute approximate surface area is 200 Å². The molecular formula is C26H35N3O3S. The molecule has 178 valence electrons. The Bertz CT molecular complexity index is 1020. The van der Waals surface area contributed by atoms with Crippen LogP contribution < -0.4 is 10.2 Å². The van der Waals surface area contributed by atoms with Gasteiger partial charge in [0.2, 0.25) is 5.91 Å². The number of benzene rings is 1. The van der Waals surface area contributed by atoms with Gasteiger partial charge in [-0.1, -0.05) is 12.1 Å². The summed E-state index contributed by atoms with van der Waals surface area (Å²) >= 11 is 1.55. The SMILES string of the molecule is Cc1cccc(N2CCN(CC(=O)Nc3sc4c(c3C(=O)OC(C)C)CCCC4)CC2)c1C. The zero-order chi connectivity index (χ0) is 23.5. The van der Waals surface area contributed by atoms with Crippen LogP contribution in [0, 0.1) is 13.8 Å². The van der Waals surface area contributed by atoms with Crippen molar-refractivity contribution >= 4 is 33.9 Å². The van der Waals surface area contributed by atoms with Crippen molar-refractivity contribution in [1.82, 2.24) is 4.90 Å². The van der Waals surface area contributed by atoms with E-state index in [1.165, 1.54) is 21.7 Å². The van der Waals surface area contributed by atoms with Gasteiger partial charge in [-0.25, -0.2) is 4.79 Å². The molecule has 33 heavy (non-hydrogen) atoms. The Morgan fingerprint density at radius 3 is 2.55 bits per heavy atom. The van der Waals surface area contributed by atoms with E-state index in [0.29, 0.717) is 17.1 Å². The predicted octanol–water partition coefficient (Wildman–Crippen LogP) is 4.57. The number of amides is 1. The van der Waals surface area contributed by atoms with Crippen LogP contribution >= 0.6 is 11.3 Å². The second-order valence-corrected chi connectivity index (χ2v) is 10.5. The second kappa shape index (κ2) is 10.3. The molecule has 2 aliphatic rings. The lowest BCUT2D eigenvalue weighted by atomic mass is 9.95. The smallest absolute Gasteiger partial charge is 0.341 e. The highest BCUT2D eigenvalue weighted by atomic mass is 32.1. The Morgan fingerprint density at radius 2 is 1.82 bits per heavy atom. The van der Waals surface area contributed by atoms with Crippen LogP contribution in [-0.4, -0.2) is 55.6 Å². The summed E-state index contributed by atoms with van der Waals surface area (Å²) in [5, 5.41) is 3.71. The standard InChI is InChI=1S/C26H35N3O3S/c1-17(2)32-26(31)24-20-9-5-6-11-22(20)33-25(24)27-23(30)16-28-12-14-29(15-13-28)21-10-7-8-18(3)19(21)4/h7-8,10,17H,5-6,9,11-16H2,1-4H3,(H,27,30). The van der Waals surface area contributed by atoms with E-state index in [1.807, 2.05) is 13.8 Å². The summed E-state index contributed by atoms with van der Waals surface area (Å²) in [5.74, 6) is -0.380. The van der Waals surface area contributed by atoms with Crippen LogP contribution in [0.1, 0.15) is 58.6 Å². The van der Waals surface area contributed by atoms with Crippen LogP contribution in [0.25, 0.3) is 0 Å². The van der Waals surface area contributed by atoms with E-state index >= 15 is 0 Å². The normalized spacial score (nSPS) is 16.6. The Morgan fingerprint density at radius 1 is 1.09 bits per heavy atom. The van der Waals surface area contributed by atoms with Crippen molar-refractivity contribution in [2.75, 3.05) is 42.9 Å². The quantitative estimate of drug-likeness (QED) is 0.628. The third kappa shape index (κ3) is 5.41. The summed E-state index contributed by atoms with van der Waals surface area (Å²) in [6.45, 7) is 11.8. The Balaban J connectivity index is 1.39. The Hall–Kier alpha value is -2.38. The average molecular weight is 470 g/mol. The van der Waals surface area contributed by atoms with Crippen molar-refractivity contribution in [2.45, 2.75) is 59.5 Å². The highest BCUT2D eigenvalue weighted by Crippen LogP contribution is 2.38. The topological polar surface area (TPSA) is 61.9 Å². The van der Waals surface area contributed by atoms with E-state index in [9.17, 15) is 9.59 Å².